The summed E-state index contributed by atoms with van der Waals surface area (Å²) in [6.07, 6.45) is 1.04. The number of rotatable bonds is 3. The van der Waals surface area contributed by atoms with Crippen LogP contribution >= 0.6 is 22.6 Å². The van der Waals surface area contributed by atoms with Gasteiger partial charge in [-0.2, -0.15) is 0 Å². The number of aliphatic hydroxyl groups is 1. The fourth-order valence-electron chi connectivity index (χ4n) is 2.29. The number of ether oxygens (including phenoxy) is 1. The van der Waals surface area contributed by atoms with Crippen LogP contribution in [0.4, 0.5) is 4.39 Å². The number of hydrogen-bond donors (Lipinski definition) is 1. The van der Waals surface area contributed by atoms with Crippen LogP contribution in [0.25, 0.3) is 0 Å². The van der Waals surface area contributed by atoms with Crippen molar-refractivity contribution < 1.29 is 19.0 Å². The molecule has 0 unspecified atom stereocenters. The molecule has 0 aliphatic carbocycles. The predicted molar refractivity (Wildman–Crippen MR) is 81.1 cm³/mol. The van der Waals surface area contributed by atoms with Gasteiger partial charge in [-0.05, 0) is 40.8 Å². The van der Waals surface area contributed by atoms with Crippen LogP contribution in [0.1, 0.15) is 23.2 Å². The SMILES string of the molecule is CN(CC1(O)CCOCC1)C(=O)c1ccc(F)cc1I. The molecule has 0 atom stereocenters. The zero-order valence-corrected chi connectivity index (χ0v) is 13.4. The van der Waals surface area contributed by atoms with E-state index >= 15 is 0 Å². The zero-order chi connectivity index (χ0) is 14.8. The minimum absolute atomic E-state index is 0.214. The van der Waals surface area contributed by atoms with E-state index < -0.39 is 5.60 Å². The van der Waals surface area contributed by atoms with Crippen LogP contribution in [-0.2, 0) is 4.74 Å². The van der Waals surface area contributed by atoms with Gasteiger partial charge in [-0.3, -0.25) is 4.79 Å². The lowest BCUT2D eigenvalue weighted by molar-refractivity contribution is -0.0734. The maximum absolute atomic E-state index is 13.1. The average molecular weight is 393 g/mol. The van der Waals surface area contributed by atoms with E-state index in [0.29, 0.717) is 35.2 Å². The fourth-order valence-corrected chi connectivity index (χ4v) is 3.00. The molecule has 2 rings (SSSR count). The Hall–Kier alpha value is -0.730. The molecule has 1 aliphatic heterocycles. The van der Waals surface area contributed by atoms with Crippen LogP contribution in [0.3, 0.4) is 0 Å². The van der Waals surface area contributed by atoms with Crippen LogP contribution in [0.2, 0.25) is 0 Å². The molecule has 1 aromatic rings. The van der Waals surface area contributed by atoms with Gasteiger partial charge in [0.15, 0.2) is 0 Å². The standard InChI is InChI=1S/C14H17FINO3/c1-17(9-14(19)4-6-20-7-5-14)13(18)11-3-2-10(15)8-12(11)16/h2-3,8,19H,4-7,9H2,1H3. The molecule has 0 spiro atoms. The predicted octanol–water partition coefficient (Wildman–Crippen LogP) is 2.04. The molecule has 0 bridgehead atoms. The summed E-state index contributed by atoms with van der Waals surface area (Å²) in [4.78, 5) is 13.8. The monoisotopic (exact) mass is 393 g/mol. The van der Waals surface area contributed by atoms with Crippen LogP contribution in [0.15, 0.2) is 18.2 Å². The first-order valence-electron chi connectivity index (χ1n) is 6.42. The van der Waals surface area contributed by atoms with E-state index in [9.17, 15) is 14.3 Å². The summed E-state index contributed by atoms with van der Waals surface area (Å²) >= 11 is 1.94. The van der Waals surface area contributed by atoms with E-state index in [1.807, 2.05) is 22.6 Å². The van der Waals surface area contributed by atoms with Crippen molar-refractivity contribution in [2.75, 3.05) is 26.8 Å². The largest absolute Gasteiger partial charge is 0.388 e. The molecule has 1 saturated heterocycles. The molecule has 1 heterocycles. The highest BCUT2D eigenvalue weighted by Crippen LogP contribution is 2.23. The molecule has 110 valence electrons. The van der Waals surface area contributed by atoms with Gasteiger partial charge in [-0.15, -0.1) is 0 Å². The van der Waals surface area contributed by atoms with Crippen molar-refractivity contribution in [3.05, 3.63) is 33.1 Å². The summed E-state index contributed by atoms with van der Waals surface area (Å²) in [6, 6.07) is 4.07. The summed E-state index contributed by atoms with van der Waals surface area (Å²) in [5.41, 5.74) is -0.445. The third-order valence-corrected chi connectivity index (χ3v) is 4.36. The first kappa shape index (κ1) is 15.7. The number of halogens is 2. The second-order valence-corrected chi connectivity index (χ2v) is 6.28. The lowest BCUT2D eigenvalue weighted by Crippen LogP contribution is -2.47. The Balaban J connectivity index is 2.08. The van der Waals surface area contributed by atoms with Crippen molar-refractivity contribution in [3.8, 4) is 0 Å². The Bertz CT molecular complexity index is 503. The number of amides is 1. The highest BCUT2D eigenvalue weighted by Gasteiger charge is 2.32. The molecule has 20 heavy (non-hydrogen) atoms. The summed E-state index contributed by atoms with van der Waals surface area (Å²) in [5.74, 6) is -0.578. The summed E-state index contributed by atoms with van der Waals surface area (Å²) < 4.78 is 18.8. The Labute approximate surface area is 131 Å². The van der Waals surface area contributed by atoms with Crippen LogP contribution < -0.4 is 0 Å². The second kappa shape index (κ2) is 6.36. The van der Waals surface area contributed by atoms with Crippen LogP contribution in [-0.4, -0.2) is 48.3 Å². The van der Waals surface area contributed by atoms with E-state index in [1.165, 1.54) is 23.1 Å². The maximum Gasteiger partial charge on any atom is 0.254 e. The van der Waals surface area contributed by atoms with Gasteiger partial charge in [0, 0.05) is 43.2 Å². The number of likely N-dealkylation sites (N-methyl/N-ethyl adjacent to an activating group) is 1. The zero-order valence-electron chi connectivity index (χ0n) is 11.2. The van der Waals surface area contributed by atoms with Gasteiger partial charge in [-0.25, -0.2) is 4.39 Å². The lowest BCUT2D eigenvalue weighted by atomic mass is 9.93. The smallest absolute Gasteiger partial charge is 0.254 e. The third-order valence-electron chi connectivity index (χ3n) is 3.46. The molecule has 0 radical (unpaired) electrons. The summed E-state index contributed by atoms with van der Waals surface area (Å²) in [7, 11) is 1.65. The molecular formula is C14H17FINO3. The van der Waals surface area contributed by atoms with E-state index in [0.717, 1.165) is 0 Å². The highest BCUT2D eigenvalue weighted by molar-refractivity contribution is 14.1. The summed E-state index contributed by atoms with van der Waals surface area (Å²) in [5, 5.41) is 10.4. The average Bonchev–Trinajstić information content (AvgIpc) is 2.38. The van der Waals surface area contributed by atoms with Gasteiger partial charge < -0.3 is 14.7 Å². The van der Waals surface area contributed by atoms with Gasteiger partial charge in [0.25, 0.3) is 5.91 Å². The maximum atomic E-state index is 13.1. The van der Waals surface area contributed by atoms with Crippen molar-refractivity contribution in [1.29, 1.82) is 0 Å². The number of hydrogen-bond acceptors (Lipinski definition) is 3. The molecule has 1 aromatic carbocycles. The Morgan fingerprint density at radius 1 is 1.50 bits per heavy atom. The topological polar surface area (TPSA) is 49.8 Å². The van der Waals surface area contributed by atoms with Crippen molar-refractivity contribution in [2.24, 2.45) is 0 Å². The van der Waals surface area contributed by atoms with Crippen LogP contribution in [0, 0.1) is 9.39 Å². The van der Waals surface area contributed by atoms with Gasteiger partial charge in [0.05, 0.1) is 11.2 Å². The van der Waals surface area contributed by atoms with Crippen LogP contribution in [0.5, 0.6) is 0 Å². The normalized spacial score (nSPS) is 17.8. The van der Waals surface area contributed by atoms with E-state index in [1.54, 1.807) is 7.05 Å². The Kier molecular flexibility index (Phi) is 4.98. The first-order chi connectivity index (χ1) is 9.41. The summed E-state index contributed by atoms with van der Waals surface area (Å²) in [6.45, 7) is 1.27. The minimum Gasteiger partial charge on any atom is -0.388 e. The lowest BCUT2D eigenvalue weighted by Gasteiger charge is -2.35. The van der Waals surface area contributed by atoms with E-state index in [-0.39, 0.29) is 18.3 Å². The van der Waals surface area contributed by atoms with Gasteiger partial charge in [0.2, 0.25) is 0 Å². The molecule has 6 heteroatoms. The fraction of sp³-hybridized carbons (Fsp3) is 0.500. The molecule has 1 aliphatic rings. The number of benzene rings is 1. The Morgan fingerprint density at radius 2 is 2.15 bits per heavy atom. The number of nitrogens with zero attached hydrogens (tertiary/aromatic N) is 1. The molecule has 1 fully saturated rings. The first-order valence-corrected chi connectivity index (χ1v) is 7.50. The third kappa shape index (κ3) is 3.67. The van der Waals surface area contributed by atoms with E-state index in [4.69, 9.17) is 4.74 Å². The quantitative estimate of drug-likeness (QED) is 0.800. The minimum atomic E-state index is -0.895. The van der Waals surface area contributed by atoms with Crippen molar-refractivity contribution >= 4 is 28.5 Å². The van der Waals surface area contributed by atoms with Crippen molar-refractivity contribution in [2.45, 2.75) is 18.4 Å². The van der Waals surface area contributed by atoms with E-state index in [2.05, 4.69) is 0 Å². The van der Waals surface area contributed by atoms with Crippen molar-refractivity contribution in [1.82, 2.24) is 4.90 Å². The molecule has 0 aromatic heterocycles. The molecule has 1 N–H and O–H groups in total. The number of carbonyl (C=O) groups excluding carboxylic acids is 1. The number of carbonyl (C=O) groups is 1. The van der Waals surface area contributed by atoms with Gasteiger partial charge in [0.1, 0.15) is 5.82 Å². The molecular weight excluding hydrogens is 376 g/mol. The second-order valence-electron chi connectivity index (χ2n) is 5.12. The van der Waals surface area contributed by atoms with Crippen molar-refractivity contribution in [3.63, 3.8) is 0 Å². The molecule has 1 amide bonds. The Morgan fingerprint density at radius 3 is 2.75 bits per heavy atom. The molecule has 4 nitrogen and oxygen atoms in total. The van der Waals surface area contributed by atoms with Gasteiger partial charge in [-0.1, -0.05) is 0 Å². The van der Waals surface area contributed by atoms with Gasteiger partial charge >= 0.3 is 0 Å². The molecule has 0 saturated carbocycles. The highest BCUT2D eigenvalue weighted by atomic mass is 127.